The topological polar surface area (TPSA) is 155 Å². The SMILES string of the molecule is N#Cc1ccc(N=NN2CCCN(N=Nc3ccc(C#N)cc3)CCCN(N=Nc3ccc(C#N)cc3)CCC2)cc1. The fourth-order valence-corrected chi connectivity index (χ4v) is 4.06. The molecule has 0 bridgehead atoms. The van der Waals surface area contributed by atoms with Crippen LogP contribution in [0.25, 0.3) is 0 Å². The van der Waals surface area contributed by atoms with Gasteiger partial charge in [0.1, 0.15) is 0 Å². The summed E-state index contributed by atoms with van der Waals surface area (Å²) in [5, 5.41) is 59.5. The molecule has 3 aromatic rings. The molecule has 0 spiro atoms. The van der Waals surface area contributed by atoms with Crippen LogP contribution in [0.5, 0.6) is 0 Å². The molecule has 0 aromatic heterocycles. The van der Waals surface area contributed by atoms with Gasteiger partial charge in [-0.1, -0.05) is 15.7 Å². The van der Waals surface area contributed by atoms with Gasteiger partial charge in [0.05, 0.1) is 52.0 Å². The van der Waals surface area contributed by atoms with Crippen molar-refractivity contribution in [1.82, 2.24) is 15.0 Å². The summed E-state index contributed by atoms with van der Waals surface area (Å²) in [5.74, 6) is 0. The van der Waals surface area contributed by atoms with Crippen LogP contribution in [0.1, 0.15) is 36.0 Å². The van der Waals surface area contributed by atoms with Gasteiger partial charge in [0.2, 0.25) is 0 Å². The van der Waals surface area contributed by atoms with Gasteiger partial charge in [-0.05, 0) is 92.1 Å². The summed E-state index contributed by atoms with van der Waals surface area (Å²) in [4.78, 5) is 0. The molecule has 0 saturated carbocycles. The van der Waals surface area contributed by atoms with Gasteiger partial charge in [-0.2, -0.15) is 15.8 Å². The number of rotatable bonds is 6. The van der Waals surface area contributed by atoms with E-state index in [9.17, 15) is 0 Å². The Morgan fingerprint density at radius 3 is 0.857 bits per heavy atom. The van der Waals surface area contributed by atoms with E-state index >= 15 is 0 Å². The molecule has 4 rings (SSSR count). The largest absolute Gasteiger partial charge is 0.278 e. The zero-order valence-corrected chi connectivity index (χ0v) is 23.2. The van der Waals surface area contributed by atoms with Gasteiger partial charge in [0.25, 0.3) is 0 Å². The minimum Gasteiger partial charge on any atom is -0.278 e. The number of hydrogen-bond donors (Lipinski definition) is 0. The molecule has 0 aliphatic carbocycles. The molecule has 3 aromatic carbocycles. The van der Waals surface area contributed by atoms with Crippen LogP contribution in [0.2, 0.25) is 0 Å². The van der Waals surface area contributed by atoms with Crippen molar-refractivity contribution >= 4 is 17.1 Å². The Morgan fingerprint density at radius 1 is 0.405 bits per heavy atom. The van der Waals surface area contributed by atoms with Gasteiger partial charge in [0, 0.05) is 39.3 Å². The molecule has 0 unspecified atom stereocenters. The average Bonchev–Trinajstić information content (AvgIpc) is 3.04. The van der Waals surface area contributed by atoms with Crippen LogP contribution >= 0.6 is 0 Å². The van der Waals surface area contributed by atoms with E-state index in [1.54, 1.807) is 72.8 Å². The van der Waals surface area contributed by atoms with Crippen LogP contribution in [0, 0.1) is 34.0 Å². The second kappa shape index (κ2) is 15.8. The molecule has 0 radical (unpaired) electrons. The molecule has 1 heterocycles. The number of nitrogens with zero attached hydrogens (tertiary/aromatic N) is 12. The van der Waals surface area contributed by atoms with Crippen molar-refractivity contribution in [3.05, 3.63) is 89.5 Å². The molecule has 1 aliphatic rings. The first-order valence-electron chi connectivity index (χ1n) is 13.7. The molecule has 12 heteroatoms. The highest BCUT2D eigenvalue weighted by Gasteiger charge is 2.11. The predicted octanol–water partition coefficient (Wildman–Crippen LogP) is 6.79. The van der Waals surface area contributed by atoms with E-state index in [-0.39, 0.29) is 0 Å². The van der Waals surface area contributed by atoms with Gasteiger partial charge in [-0.15, -0.1) is 15.3 Å². The molecular weight excluding hydrogens is 528 g/mol. The number of benzene rings is 3. The summed E-state index contributed by atoms with van der Waals surface area (Å²) in [6, 6.07) is 27.3. The zero-order chi connectivity index (χ0) is 29.4. The monoisotopic (exact) mass is 558 g/mol. The summed E-state index contributed by atoms with van der Waals surface area (Å²) in [6.45, 7) is 4.06. The molecule has 0 amide bonds. The Morgan fingerprint density at radius 2 is 0.643 bits per heavy atom. The zero-order valence-electron chi connectivity index (χ0n) is 23.2. The van der Waals surface area contributed by atoms with Gasteiger partial charge < -0.3 is 0 Å². The van der Waals surface area contributed by atoms with Gasteiger partial charge in [0.15, 0.2) is 0 Å². The smallest absolute Gasteiger partial charge is 0.0991 e. The molecule has 0 atom stereocenters. The van der Waals surface area contributed by atoms with Crippen molar-refractivity contribution in [3.63, 3.8) is 0 Å². The lowest BCUT2D eigenvalue weighted by Gasteiger charge is -2.25. The summed E-state index contributed by atoms with van der Waals surface area (Å²) in [5.41, 5.74) is 3.75. The minimum absolute atomic E-state index is 0.575. The van der Waals surface area contributed by atoms with Gasteiger partial charge in [-0.25, -0.2) is 0 Å². The lowest BCUT2D eigenvalue weighted by atomic mass is 10.2. The Bertz CT molecular complexity index is 1290. The second-order valence-corrected chi connectivity index (χ2v) is 9.47. The first-order chi connectivity index (χ1) is 20.6. The second-order valence-electron chi connectivity index (χ2n) is 9.47. The van der Waals surface area contributed by atoms with Crippen LogP contribution in [-0.4, -0.2) is 54.3 Å². The highest BCUT2D eigenvalue weighted by Crippen LogP contribution is 2.17. The maximum atomic E-state index is 9.03. The third-order valence-electron chi connectivity index (χ3n) is 6.35. The molecule has 210 valence electrons. The summed E-state index contributed by atoms with van der Waals surface area (Å²) in [6.07, 6.45) is 2.42. The van der Waals surface area contributed by atoms with Crippen molar-refractivity contribution < 1.29 is 0 Å². The number of hydrogen-bond acceptors (Lipinski definition) is 9. The maximum absolute atomic E-state index is 9.03. The fraction of sp³-hybridized carbons (Fsp3) is 0.300. The van der Waals surface area contributed by atoms with E-state index in [1.165, 1.54) is 0 Å². The molecular formula is C30H30N12. The van der Waals surface area contributed by atoms with Crippen molar-refractivity contribution in [2.24, 2.45) is 31.0 Å². The molecule has 12 nitrogen and oxygen atoms in total. The van der Waals surface area contributed by atoms with Crippen LogP contribution < -0.4 is 0 Å². The van der Waals surface area contributed by atoms with Crippen molar-refractivity contribution in [2.45, 2.75) is 19.3 Å². The van der Waals surface area contributed by atoms with E-state index in [2.05, 4.69) is 49.2 Å². The standard InChI is InChI=1S/C30H30N12/c31-22-25-4-10-28(11-5-25)34-37-40-16-1-17-41(38-35-29-12-6-26(23-32)7-13-29)19-3-21-42(20-2-18-40)39-36-30-14-8-27(24-33)9-15-30/h4-15H,1-3,16-21H2. The maximum Gasteiger partial charge on any atom is 0.0991 e. The predicted molar refractivity (Wildman–Crippen MR) is 156 cm³/mol. The van der Waals surface area contributed by atoms with E-state index in [0.29, 0.717) is 73.0 Å². The molecule has 42 heavy (non-hydrogen) atoms. The quantitative estimate of drug-likeness (QED) is 0.303. The third-order valence-corrected chi connectivity index (χ3v) is 6.35. The first kappa shape index (κ1) is 29.3. The Balaban J connectivity index is 1.46. The van der Waals surface area contributed by atoms with E-state index in [0.717, 1.165) is 19.3 Å². The highest BCUT2D eigenvalue weighted by atomic mass is 15.6. The summed E-state index contributed by atoms with van der Waals surface area (Å²) in [7, 11) is 0. The van der Waals surface area contributed by atoms with E-state index in [1.807, 2.05) is 15.0 Å². The molecule has 1 fully saturated rings. The molecule has 0 N–H and O–H groups in total. The molecule has 1 aliphatic heterocycles. The van der Waals surface area contributed by atoms with E-state index < -0.39 is 0 Å². The van der Waals surface area contributed by atoms with Gasteiger partial charge in [-0.3, -0.25) is 15.0 Å². The van der Waals surface area contributed by atoms with Crippen LogP contribution in [-0.2, 0) is 0 Å². The average molecular weight is 559 g/mol. The van der Waals surface area contributed by atoms with E-state index in [4.69, 9.17) is 15.8 Å². The Labute approximate surface area is 245 Å². The van der Waals surface area contributed by atoms with Gasteiger partial charge >= 0.3 is 0 Å². The molecule has 1 saturated heterocycles. The Hall–Kier alpha value is -5.67. The third kappa shape index (κ3) is 9.51. The van der Waals surface area contributed by atoms with Crippen molar-refractivity contribution in [2.75, 3.05) is 39.3 Å². The van der Waals surface area contributed by atoms with Crippen LogP contribution in [0.3, 0.4) is 0 Å². The summed E-state index contributed by atoms with van der Waals surface area (Å²) >= 11 is 0. The fourth-order valence-electron chi connectivity index (χ4n) is 4.06. The number of nitriles is 3. The van der Waals surface area contributed by atoms with Crippen LogP contribution in [0.4, 0.5) is 17.1 Å². The van der Waals surface area contributed by atoms with Crippen molar-refractivity contribution in [3.8, 4) is 18.2 Å². The Kier molecular flexibility index (Phi) is 11.0. The lowest BCUT2D eigenvalue weighted by molar-refractivity contribution is 0.176. The highest BCUT2D eigenvalue weighted by molar-refractivity contribution is 5.43. The summed E-state index contributed by atoms with van der Waals surface area (Å²) < 4.78 is 0. The van der Waals surface area contributed by atoms with Crippen LogP contribution in [0.15, 0.2) is 104 Å². The lowest BCUT2D eigenvalue weighted by Crippen LogP contribution is -2.31. The normalized spacial score (nSPS) is 15.2. The van der Waals surface area contributed by atoms with Crippen molar-refractivity contribution in [1.29, 1.82) is 15.8 Å². The first-order valence-corrected chi connectivity index (χ1v) is 13.7. The minimum atomic E-state index is 0.575.